The maximum atomic E-state index is 13.0. The minimum atomic E-state index is -4.13. The first-order valence-electron chi connectivity index (χ1n) is 5.55. The third kappa shape index (κ3) is 2.95. The van der Waals surface area contributed by atoms with Crippen LogP contribution >= 0.6 is 15.9 Å². The van der Waals surface area contributed by atoms with E-state index in [0.29, 0.717) is 15.4 Å². The largest absolute Gasteiger partial charge is 0.396 e. The van der Waals surface area contributed by atoms with Crippen LogP contribution in [0.15, 0.2) is 28.9 Å². The van der Waals surface area contributed by atoms with Gasteiger partial charge in [0.2, 0.25) is 0 Å². The molecule has 0 aliphatic rings. The van der Waals surface area contributed by atoms with Gasteiger partial charge in [-0.05, 0) is 18.2 Å². The van der Waals surface area contributed by atoms with E-state index < -0.39 is 18.9 Å². The van der Waals surface area contributed by atoms with Gasteiger partial charge < -0.3 is 11.1 Å². The normalized spacial score (nSPS) is 12.1. The topological polar surface area (TPSA) is 50.9 Å². The van der Waals surface area contributed by atoms with Gasteiger partial charge >= 0.3 is 12.3 Å². The van der Waals surface area contributed by atoms with Crippen LogP contribution in [0.1, 0.15) is 0 Å². The lowest BCUT2D eigenvalue weighted by Crippen LogP contribution is -2.35. The van der Waals surface area contributed by atoms with E-state index in [9.17, 15) is 17.6 Å². The zero-order valence-corrected chi connectivity index (χ0v) is 11.6. The maximum Gasteiger partial charge on any atom is 0.324 e. The van der Waals surface area contributed by atoms with Gasteiger partial charge in [-0.15, -0.1) is 0 Å². The Morgan fingerprint density at radius 3 is 2.70 bits per heavy atom. The van der Waals surface area contributed by atoms with Gasteiger partial charge in [-0.3, -0.25) is 4.98 Å². The van der Waals surface area contributed by atoms with E-state index in [1.54, 1.807) is 18.2 Å². The molecule has 0 amide bonds. The van der Waals surface area contributed by atoms with Gasteiger partial charge in [0.15, 0.2) is 0 Å². The summed E-state index contributed by atoms with van der Waals surface area (Å²) in [5.74, 6) is -4.13. The molecule has 0 saturated heterocycles. The fourth-order valence-corrected chi connectivity index (χ4v) is 2.02. The van der Waals surface area contributed by atoms with Gasteiger partial charge in [0.05, 0.1) is 29.6 Å². The first kappa shape index (κ1) is 14.8. The molecule has 3 nitrogen and oxygen atoms in total. The number of nitrogen functional groups attached to an aromatic ring is 1. The molecular weight excluding hydrogens is 342 g/mol. The Labute approximate surface area is 120 Å². The van der Waals surface area contributed by atoms with Gasteiger partial charge in [0.25, 0.3) is 0 Å². The van der Waals surface area contributed by atoms with Gasteiger partial charge in [-0.1, -0.05) is 15.9 Å². The molecule has 1 aromatic carbocycles. The first-order chi connectivity index (χ1) is 9.31. The second-order valence-corrected chi connectivity index (χ2v) is 5.08. The number of hydrogen-bond donors (Lipinski definition) is 2. The Morgan fingerprint density at radius 2 is 2.05 bits per heavy atom. The number of nitrogens with one attached hydrogen (secondary N) is 1. The number of rotatable bonds is 4. The summed E-state index contributed by atoms with van der Waals surface area (Å²) in [5, 5.41) is 2.77. The van der Waals surface area contributed by atoms with Crippen molar-refractivity contribution in [3.05, 3.63) is 28.9 Å². The standard InChI is InChI=1S/C12H10BrF4N3/c13-6-1-2-9-7(3-6)10(8(18)4-19-9)20-5-12(16,17)11(14)15/h1-4,11H,5,18H2,(H,19,20). The van der Waals surface area contributed by atoms with Crippen LogP contribution in [-0.4, -0.2) is 23.9 Å². The van der Waals surface area contributed by atoms with Crippen molar-refractivity contribution < 1.29 is 17.6 Å². The maximum absolute atomic E-state index is 13.0. The third-order valence-electron chi connectivity index (χ3n) is 2.68. The molecule has 0 unspecified atom stereocenters. The molecule has 8 heteroatoms. The predicted molar refractivity (Wildman–Crippen MR) is 73.3 cm³/mol. The quantitative estimate of drug-likeness (QED) is 0.821. The molecule has 0 radical (unpaired) electrons. The summed E-state index contributed by atoms with van der Waals surface area (Å²) in [7, 11) is 0. The Morgan fingerprint density at radius 1 is 1.35 bits per heavy atom. The number of anilines is 2. The molecular formula is C12H10BrF4N3. The summed E-state index contributed by atoms with van der Waals surface area (Å²) in [6.45, 7) is -1.21. The van der Waals surface area contributed by atoms with Crippen molar-refractivity contribution >= 4 is 38.2 Å². The van der Waals surface area contributed by atoms with Crippen molar-refractivity contribution in [2.75, 3.05) is 17.6 Å². The summed E-state index contributed by atoms with van der Waals surface area (Å²) in [4.78, 5) is 4.04. The highest BCUT2D eigenvalue weighted by Gasteiger charge is 2.40. The lowest BCUT2D eigenvalue weighted by molar-refractivity contribution is -0.117. The number of nitrogens with zero attached hydrogens (tertiary/aromatic N) is 1. The van der Waals surface area contributed by atoms with Crippen LogP contribution in [0.2, 0.25) is 0 Å². The SMILES string of the molecule is Nc1cnc2ccc(Br)cc2c1NCC(F)(F)C(F)F. The van der Waals surface area contributed by atoms with Gasteiger partial charge in [0.1, 0.15) is 0 Å². The summed E-state index contributed by atoms with van der Waals surface area (Å²) in [5.41, 5.74) is 6.46. The number of nitrogens with two attached hydrogens (primary N) is 1. The van der Waals surface area contributed by atoms with Crippen molar-refractivity contribution in [2.24, 2.45) is 0 Å². The highest BCUT2D eigenvalue weighted by Crippen LogP contribution is 2.31. The van der Waals surface area contributed by atoms with E-state index >= 15 is 0 Å². The van der Waals surface area contributed by atoms with Crippen LogP contribution in [0.5, 0.6) is 0 Å². The number of pyridine rings is 1. The summed E-state index contributed by atoms with van der Waals surface area (Å²) >= 11 is 3.24. The predicted octanol–water partition coefficient (Wildman–Crippen LogP) is 3.89. The molecule has 3 N–H and O–H groups in total. The van der Waals surface area contributed by atoms with Crippen LogP contribution < -0.4 is 11.1 Å². The average Bonchev–Trinajstić information content (AvgIpc) is 2.37. The zero-order valence-electron chi connectivity index (χ0n) is 10.0. The fraction of sp³-hybridized carbons (Fsp3) is 0.250. The Hall–Kier alpha value is -1.57. The van der Waals surface area contributed by atoms with Crippen molar-refractivity contribution in [3.8, 4) is 0 Å². The molecule has 0 atom stereocenters. The number of hydrogen-bond acceptors (Lipinski definition) is 3. The van der Waals surface area contributed by atoms with Crippen molar-refractivity contribution in [1.82, 2.24) is 4.98 Å². The Kier molecular flexibility index (Phi) is 4.03. The molecule has 0 saturated carbocycles. The Bertz CT molecular complexity index is 628. The zero-order chi connectivity index (χ0) is 14.9. The number of halogens is 5. The number of aromatic nitrogens is 1. The van der Waals surface area contributed by atoms with Crippen LogP contribution in [0.25, 0.3) is 10.9 Å². The van der Waals surface area contributed by atoms with Gasteiger partial charge in [-0.2, -0.15) is 8.78 Å². The van der Waals surface area contributed by atoms with Crippen molar-refractivity contribution in [2.45, 2.75) is 12.3 Å². The monoisotopic (exact) mass is 351 g/mol. The molecule has 2 aromatic rings. The molecule has 1 heterocycles. The first-order valence-corrected chi connectivity index (χ1v) is 6.34. The molecule has 2 rings (SSSR count). The number of alkyl halides is 4. The fourth-order valence-electron chi connectivity index (χ4n) is 1.66. The summed E-state index contributed by atoms with van der Waals surface area (Å²) in [6.07, 6.45) is -2.45. The molecule has 108 valence electrons. The molecule has 0 aliphatic carbocycles. The lowest BCUT2D eigenvalue weighted by atomic mass is 10.1. The molecule has 0 aliphatic heterocycles. The van der Waals surface area contributed by atoms with Crippen molar-refractivity contribution in [3.63, 3.8) is 0 Å². The van der Waals surface area contributed by atoms with Gasteiger partial charge in [-0.25, -0.2) is 8.78 Å². The molecule has 0 spiro atoms. The number of benzene rings is 1. The minimum Gasteiger partial charge on any atom is -0.396 e. The smallest absolute Gasteiger partial charge is 0.324 e. The average molecular weight is 352 g/mol. The van der Waals surface area contributed by atoms with Crippen LogP contribution in [0, 0.1) is 0 Å². The van der Waals surface area contributed by atoms with E-state index in [0.717, 1.165) is 0 Å². The second kappa shape index (κ2) is 5.43. The van der Waals surface area contributed by atoms with E-state index in [4.69, 9.17) is 5.73 Å². The van der Waals surface area contributed by atoms with Crippen molar-refractivity contribution in [1.29, 1.82) is 0 Å². The lowest BCUT2D eigenvalue weighted by Gasteiger charge is -2.18. The summed E-state index contributed by atoms with van der Waals surface area (Å²) in [6, 6.07) is 5.01. The third-order valence-corrected chi connectivity index (χ3v) is 3.17. The van der Waals surface area contributed by atoms with Crippen LogP contribution in [0.3, 0.4) is 0 Å². The molecule has 0 bridgehead atoms. The van der Waals surface area contributed by atoms with E-state index in [1.807, 2.05) is 0 Å². The van der Waals surface area contributed by atoms with E-state index in [1.165, 1.54) is 6.20 Å². The highest BCUT2D eigenvalue weighted by atomic mass is 79.9. The minimum absolute atomic E-state index is 0.112. The molecule has 0 fully saturated rings. The van der Waals surface area contributed by atoms with E-state index in [2.05, 4.69) is 26.2 Å². The second-order valence-electron chi connectivity index (χ2n) is 4.17. The summed E-state index contributed by atoms with van der Waals surface area (Å²) < 4.78 is 50.9. The molecule has 1 aromatic heterocycles. The molecule has 20 heavy (non-hydrogen) atoms. The van der Waals surface area contributed by atoms with E-state index in [-0.39, 0.29) is 11.4 Å². The Balaban J connectivity index is 2.38. The van der Waals surface area contributed by atoms with Crippen LogP contribution in [-0.2, 0) is 0 Å². The van der Waals surface area contributed by atoms with Gasteiger partial charge in [0, 0.05) is 9.86 Å². The number of fused-ring (bicyclic) bond motifs is 1. The highest BCUT2D eigenvalue weighted by molar-refractivity contribution is 9.10. The van der Waals surface area contributed by atoms with Crippen LogP contribution in [0.4, 0.5) is 28.9 Å².